The van der Waals surface area contributed by atoms with E-state index in [1.54, 1.807) is 6.07 Å². The van der Waals surface area contributed by atoms with Gasteiger partial charge in [0.05, 0.1) is 10.0 Å². The molecule has 94 valence electrons. The van der Waals surface area contributed by atoms with E-state index in [0.29, 0.717) is 26.9 Å². The normalized spacial score (nSPS) is 20.2. The predicted octanol–water partition coefficient (Wildman–Crippen LogP) is 3.23. The van der Waals surface area contributed by atoms with Crippen LogP contribution in [0.15, 0.2) is 6.07 Å². The van der Waals surface area contributed by atoms with Crippen LogP contribution in [0, 0.1) is 0 Å². The number of anilines is 2. The second kappa shape index (κ2) is 6.27. The van der Waals surface area contributed by atoms with E-state index in [-0.39, 0.29) is 0 Å². The standard InChI is InChI=1S/C10H13Cl2N3S2/c11-7-3-8(12)10(15-9(7)13)14-4-6-5-16-1-2-17-6/h3,6H,1-2,4-5H2,(H3,13,14,15). The second-order valence-corrected chi connectivity index (χ2v) is 7.01. The number of hydrogen-bond acceptors (Lipinski definition) is 5. The third-order valence-corrected chi connectivity index (χ3v) is 5.77. The minimum absolute atomic E-state index is 0.309. The summed E-state index contributed by atoms with van der Waals surface area (Å²) < 4.78 is 0. The van der Waals surface area contributed by atoms with Crippen LogP contribution < -0.4 is 11.1 Å². The topological polar surface area (TPSA) is 50.9 Å². The van der Waals surface area contributed by atoms with Gasteiger partial charge < -0.3 is 11.1 Å². The molecule has 0 aromatic carbocycles. The van der Waals surface area contributed by atoms with Crippen LogP contribution in [-0.4, -0.2) is 34.0 Å². The number of hydrogen-bond donors (Lipinski definition) is 2. The number of rotatable bonds is 3. The Hall–Kier alpha value is 0.0300. The van der Waals surface area contributed by atoms with E-state index in [9.17, 15) is 0 Å². The molecule has 2 heterocycles. The van der Waals surface area contributed by atoms with E-state index >= 15 is 0 Å². The van der Waals surface area contributed by atoms with Gasteiger partial charge in [-0.25, -0.2) is 4.98 Å². The Balaban J connectivity index is 1.96. The van der Waals surface area contributed by atoms with Crippen molar-refractivity contribution in [3.63, 3.8) is 0 Å². The van der Waals surface area contributed by atoms with Crippen LogP contribution >= 0.6 is 46.7 Å². The number of aromatic nitrogens is 1. The van der Waals surface area contributed by atoms with Crippen LogP contribution in [0.4, 0.5) is 11.6 Å². The maximum atomic E-state index is 6.04. The number of nitrogen functional groups attached to an aromatic ring is 1. The van der Waals surface area contributed by atoms with Crippen molar-refractivity contribution in [1.29, 1.82) is 0 Å². The lowest BCUT2D eigenvalue weighted by Crippen LogP contribution is -2.23. The van der Waals surface area contributed by atoms with Gasteiger partial charge in [-0.15, -0.1) is 0 Å². The molecular weight excluding hydrogens is 297 g/mol. The zero-order valence-electron chi connectivity index (χ0n) is 9.08. The first-order chi connectivity index (χ1) is 8.16. The minimum Gasteiger partial charge on any atom is -0.382 e. The molecule has 1 atom stereocenters. The van der Waals surface area contributed by atoms with Crippen LogP contribution in [0.5, 0.6) is 0 Å². The lowest BCUT2D eigenvalue weighted by atomic mass is 10.4. The second-order valence-electron chi connectivity index (χ2n) is 3.63. The van der Waals surface area contributed by atoms with Crippen molar-refractivity contribution in [2.24, 2.45) is 0 Å². The Morgan fingerprint density at radius 3 is 2.94 bits per heavy atom. The van der Waals surface area contributed by atoms with Crippen molar-refractivity contribution < 1.29 is 0 Å². The molecule has 0 spiro atoms. The van der Waals surface area contributed by atoms with Crippen LogP contribution in [0.25, 0.3) is 0 Å². The summed E-state index contributed by atoms with van der Waals surface area (Å²) in [4.78, 5) is 4.14. The molecule has 1 saturated heterocycles. The van der Waals surface area contributed by atoms with Gasteiger partial charge in [0.15, 0.2) is 0 Å². The highest BCUT2D eigenvalue weighted by Crippen LogP contribution is 2.29. The van der Waals surface area contributed by atoms with Crippen LogP contribution in [0.3, 0.4) is 0 Å². The van der Waals surface area contributed by atoms with Gasteiger partial charge in [0.25, 0.3) is 0 Å². The van der Waals surface area contributed by atoms with Crippen molar-refractivity contribution in [2.75, 3.05) is 34.9 Å². The monoisotopic (exact) mass is 309 g/mol. The smallest absolute Gasteiger partial charge is 0.147 e. The summed E-state index contributed by atoms with van der Waals surface area (Å²) >= 11 is 15.8. The minimum atomic E-state index is 0.309. The van der Waals surface area contributed by atoms with E-state index in [1.807, 2.05) is 23.5 Å². The number of nitrogens with one attached hydrogen (secondary N) is 1. The highest BCUT2D eigenvalue weighted by molar-refractivity contribution is 8.06. The molecule has 1 aliphatic rings. The average Bonchev–Trinajstić information content (AvgIpc) is 2.33. The molecule has 1 aromatic rings. The molecule has 1 unspecified atom stereocenters. The highest BCUT2D eigenvalue weighted by Gasteiger charge is 2.15. The largest absolute Gasteiger partial charge is 0.382 e. The van der Waals surface area contributed by atoms with E-state index in [2.05, 4.69) is 10.3 Å². The lowest BCUT2D eigenvalue weighted by Gasteiger charge is -2.21. The van der Waals surface area contributed by atoms with Crippen molar-refractivity contribution in [2.45, 2.75) is 5.25 Å². The summed E-state index contributed by atoms with van der Waals surface area (Å²) in [5.74, 6) is 4.54. The Bertz CT molecular complexity index is 397. The van der Waals surface area contributed by atoms with Gasteiger partial charge >= 0.3 is 0 Å². The van der Waals surface area contributed by atoms with Gasteiger partial charge in [-0.1, -0.05) is 23.2 Å². The van der Waals surface area contributed by atoms with Crippen molar-refractivity contribution in [1.82, 2.24) is 4.98 Å². The maximum Gasteiger partial charge on any atom is 0.147 e. The summed E-state index contributed by atoms with van der Waals surface area (Å²) in [5.41, 5.74) is 5.65. The summed E-state index contributed by atoms with van der Waals surface area (Å²) in [6.07, 6.45) is 0. The van der Waals surface area contributed by atoms with Crippen LogP contribution in [-0.2, 0) is 0 Å². The van der Waals surface area contributed by atoms with Gasteiger partial charge in [-0.2, -0.15) is 23.5 Å². The van der Waals surface area contributed by atoms with Crippen molar-refractivity contribution >= 4 is 58.4 Å². The van der Waals surface area contributed by atoms with Gasteiger partial charge in [0, 0.05) is 29.1 Å². The maximum absolute atomic E-state index is 6.04. The van der Waals surface area contributed by atoms with E-state index < -0.39 is 0 Å². The Morgan fingerprint density at radius 2 is 2.24 bits per heavy atom. The molecular formula is C10H13Cl2N3S2. The molecule has 1 fully saturated rings. The van der Waals surface area contributed by atoms with Crippen molar-refractivity contribution in [3.8, 4) is 0 Å². The van der Waals surface area contributed by atoms with E-state index in [1.165, 1.54) is 17.3 Å². The van der Waals surface area contributed by atoms with Gasteiger partial charge in [-0.05, 0) is 6.07 Å². The van der Waals surface area contributed by atoms with E-state index in [4.69, 9.17) is 28.9 Å². The zero-order valence-corrected chi connectivity index (χ0v) is 12.2. The Kier molecular flexibility index (Phi) is 4.97. The molecule has 1 aliphatic heterocycles. The fourth-order valence-electron chi connectivity index (χ4n) is 1.47. The molecule has 3 N–H and O–H groups in total. The molecule has 3 nitrogen and oxygen atoms in total. The molecule has 0 amide bonds. The number of pyridine rings is 1. The summed E-state index contributed by atoms with van der Waals surface area (Å²) in [7, 11) is 0. The van der Waals surface area contributed by atoms with Gasteiger partial charge in [0.2, 0.25) is 0 Å². The number of nitrogens with zero attached hydrogens (tertiary/aromatic N) is 1. The molecule has 1 aromatic heterocycles. The van der Waals surface area contributed by atoms with Gasteiger partial charge in [-0.3, -0.25) is 0 Å². The molecule has 0 aliphatic carbocycles. The molecule has 7 heteroatoms. The van der Waals surface area contributed by atoms with Gasteiger partial charge in [0.1, 0.15) is 11.6 Å². The van der Waals surface area contributed by atoms with Crippen LogP contribution in [0.2, 0.25) is 10.0 Å². The third-order valence-electron chi connectivity index (χ3n) is 2.34. The van der Waals surface area contributed by atoms with E-state index in [0.717, 1.165) is 6.54 Å². The third kappa shape index (κ3) is 3.74. The van der Waals surface area contributed by atoms with Crippen molar-refractivity contribution in [3.05, 3.63) is 16.1 Å². The molecule has 0 radical (unpaired) electrons. The number of nitrogens with two attached hydrogens (primary N) is 1. The lowest BCUT2D eigenvalue weighted by molar-refractivity contribution is 0.994. The molecule has 0 saturated carbocycles. The summed E-state index contributed by atoms with van der Waals surface area (Å²) in [5, 5.41) is 4.74. The first kappa shape index (κ1) is 13.5. The Morgan fingerprint density at radius 1 is 1.41 bits per heavy atom. The number of thioether (sulfide) groups is 2. The SMILES string of the molecule is Nc1nc(NCC2CSCCS2)c(Cl)cc1Cl. The quantitative estimate of drug-likeness (QED) is 0.897. The first-order valence-corrected chi connectivity index (χ1v) is 8.17. The first-order valence-electron chi connectivity index (χ1n) is 5.21. The fourth-order valence-corrected chi connectivity index (χ4v) is 4.51. The predicted molar refractivity (Wildman–Crippen MR) is 80.7 cm³/mol. The van der Waals surface area contributed by atoms with Crippen LogP contribution in [0.1, 0.15) is 0 Å². The summed E-state index contributed by atoms with van der Waals surface area (Å²) in [6.45, 7) is 0.853. The number of halogens is 2. The zero-order chi connectivity index (χ0) is 12.3. The highest BCUT2D eigenvalue weighted by atomic mass is 35.5. The summed E-state index contributed by atoms with van der Waals surface area (Å²) in [6, 6.07) is 1.62. The molecule has 2 rings (SSSR count). The molecule has 0 bridgehead atoms. The fraction of sp³-hybridized carbons (Fsp3) is 0.500. The molecule has 17 heavy (non-hydrogen) atoms. The Labute approximate surface area is 119 Å². The average molecular weight is 310 g/mol.